The number of aliphatic imine (C=N–C) groups is 1. The molecule has 1 fully saturated rings. The summed E-state index contributed by atoms with van der Waals surface area (Å²) in [6.07, 6.45) is 6.89. The second-order valence-electron chi connectivity index (χ2n) is 7.57. The molecule has 0 saturated carbocycles. The predicted molar refractivity (Wildman–Crippen MR) is 116 cm³/mol. The number of hydrogen-bond acceptors (Lipinski definition) is 5. The van der Waals surface area contributed by atoms with E-state index in [4.69, 9.17) is 16.1 Å². The molecule has 1 aliphatic rings. The lowest BCUT2D eigenvalue weighted by Crippen LogP contribution is -2.41. The Morgan fingerprint density at radius 3 is 2.90 bits per heavy atom. The number of nitrogens with zero attached hydrogens (tertiary/aromatic N) is 6. The van der Waals surface area contributed by atoms with Crippen molar-refractivity contribution in [2.24, 2.45) is 18.0 Å². The molecule has 3 heterocycles. The number of likely N-dealkylation sites (tertiary alicyclic amines) is 1. The fourth-order valence-corrected chi connectivity index (χ4v) is 3.91. The fourth-order valence-electron chi connectivity index (χ4n) is 3.79. The number of benzene rings is 1. The zero-order chi connectivity index (χ0) is 20.9. The third-order valence-electron chi connectivity index (χ3n) is 5.27. The molecule has 9 heteroatoms. The van der Waals surface area contributed by atoms with Gasteiger partial charge in [-0.15, -0.1) is 0 Å². The van der Waals surface area contributed by atoms with Gasteiger partial charge in [0.25, 0.3) is 0 Å². The first kappa shape index (κ1) is 20.4. The van der Waals surface area contributed by atoms with Crippen LogP contribution < -0.4 is 5.32 Å². The molecular weight excluding hydrogens is 402 g/mol. The number of nitrogens with one attached hydrogen (secondary N) is 1. The van der Waals surface area contributed by atoms with E-state index in [9.17, 15) is 0 Å². The largest absolute Gasteiger partial charge is 0.356 e. The average Bonchev–Trinajstić information content (AvgIpc) is 3.48. The first-order valence-electron chi connectivity index (χ1n) is 10.1. The first-order valence-corrected chi connectivity index (χ1v) is 10.5. The third kappa shape index (κ3) is 4.99. The highest BCUT2D eigenvalue weighted by atomic mass is 35.5. The van der Waals surface area contributed by atoms with Gasteiger partial charge >= 0.3 is 0 Å². The summed E-state index contributed by atoms with van der Waals surface area (Å²) in [5.41, 5.74) is 2.18. The van der Waals surface area contributed by atoms with Crippen molar-refractivity contribution in [3.8, 4) is 11.4 Å². The first-order chi connectivity index (χ1) is 14.6. The van der Waals surface area contributed by atoms with E-state index in [-0.39, 0.29) is 0 Å². The van der Waals surface area contributed by atoms with Gasteiger partial charge in [-0.1, -0.05) is 16.8 Å². The van der Waals surface area contributed by atoms with Crippen LogP contribution in [0.2, 0.25) is 5.02 Å². The average molecular weight is 428 g/mol. The van der Waals surface area contributed by atoms with Crippen molar-refractivity contribution in [1.82, 2.24) is 30.1 Å². The molecule has 1 aliphatic heterocycles. The minimum Gasteiger partial charge on any atom is -0.356 e. The molecule has 0 amide bonds. The maximum absolute atomic E-state index is 5.93. The van der Waals surface area contributed by atoms with E-state index in [1.807, 2.05) is 49.2 Å². The van der Waals surface area contributed by atoms with Gasteiger partial charge in [0, 0.05) is 56.9 Å². The lowest BCUT2D eigenvalue weighted by Gasteiger charge is -2.21. The molecule has 1 saturated heterocycles. The smallest absolute Gasteiger partial charge is 0.228 e. The van der Waals surface area contributed by atoms with Crippen LogP contribution in [0.25, 0.3) is 11.4 Å². The molecule has 0 bridgehead atoms. The molecule has 1 atom stereocenters. The highest BCUT2D eigenvalue weighted by molar-refractivity contribution is 6.30. The van der Waals surface area contributed by atoms with Gasteiger partial charge in [0.15, 0.2) is 5.96 Å². The Morgan fingerprint density at radius 1 is 1.33 bits per heavy atom. The van der Waals surface area contributed by atoms with Crippen molar-refractivity contribution in [2.75, 3.05) is 26.7 Å². The zero-order valence-electron chi connectivity index (χ0n) is 17.3. The van der Waals surface area contributed by atoms with E-state index in [0.29, 0.717) is 35.6 Å². The minimum atomic E-state index is 0.573. The van der Waals surface area contributed by atoms with Crippen LogP contribution in [-0.4, -0.2) is 57.5 Å². The molecule has 8 nitrogen and oxygen atoms in total. The van der Waals surface area contributed by atoms with Gasteiger partial charge in [-0.25, -0.2) is 0 Å². The van der Waals surface area contributed by atoms with Crippen LogP contribution in [0.5, 0.6) is 0 Å². The molecule has 1 N–H and O–H groups in total. The number of hydrogen-bond donors (Lipinski definition) is 1. The predicted octanol–water partition coefficient (Wildman–Crippen LogP) is 2.81. The standard InChI is InChI=1S/C21H26ClN7O/c1-23-21(29-10-8-15(14-29)11-16-12-25-28(2)13-16)24-9-7-19-26-20(27-30-19)17-3-5-18(22)6-4-17/h3-6,12-13,15H,7-11,14H2,1-2H3,(H,23,24). The van der Waals surface area contributed by atoms with Crippen molar-refractivity contribution >= 4 is 17.6 Å². The Bertz CT molecular complexity index is 995. The van der Waals surface area contributed by atoms with E-state index >= 15 is 0 Å². The van der Waals surface area contributed by atoms with Crippen molar-refractivity contribution in [2.45, 2.75) is 19.3 Å². The summed E-state index contributed by atoms with van der Waals surface area (Å²) in [6, 6.07) is 7.39. The molecule has 1 unspecified atom stereocenters. The highest BCUT2D eigenvalue weighted by Gasteiger charge is 2.25. The van der Waals surface area contributed by atoms with Crippen molar-refractivity contribution in [3.63, 3.8) is 0 Å². The number of guanidine groups is 1. The van der Waals surface area contributed by atoms with Gasteiger partial charge < -0.3 is 14.7 Å². The van der Waals surface area contributed by atoms with Gasteiger partial charge in [0.05, 0.1) is 6.20 Å². The number of aromatic nitrogens is 4. The van der Waals surface area contributed by atoms with Crippen LogP contribution in [0.15, 0.2) is 46.2 Å². The van der Waals surface area contributed by atoms with Crippen LogP contribution >= 0.6 is 11.6 Å². The minimum absolute atomic E-state index is 0.573. The fraction of sp³-hybridized carbons (Fsp3) is 0.429. The SMILES string of the molecule is CN=C(NCCc1nc(-c2ccc(Cl)cc2)no1)N1CCC(Cc2cnn(C)c2)C1. The Hall–Kier alpha value is -2.87. The summed E-state index contributed by atoms with van der Waals surface area (Å²) in [5.74, 6) is 2.70. The Balaban J connectivity index is 1.25. The number of rotatable bonds is 6. The summed E-state index contributed by atoms with van der Waals surface area (Å²) in [7, 11) is 3.78. The van der Waals surface area contributed by atoms with Crippen molar-refractivity contribution in [1.29, 1.82) is 0 Å². The highest BCUT2D eigenvalue weighted by Crippen LogP contribution is 2.21. The third-order valence-corrected chi connectivity index (χ3v) is 5.52. The second-order valence-corrected chi connectivity index (χ2v) is 8.01. The quantitative estimate of drug-likeness (QED) is 0.481. The molecule has 30 heavy (non-hydrogen) atoms. The number of aryl methyl sites for hydroxylation is 1. The van der Waals surface area contributed by atoms with Crippen molar-refractivity contribution < 1.29 is 4.52 Å². The lowest BCUT2D eigenvalue weighted by atomic mass is 10.0. The summed E-state index contributed by atoms with van der Waals surface area (Å²) in [6.45, 7) is 2.68. The molecule has 3 aromatic rings. The van der Waals surface area contributed by atoms with Gasteiger partial charge in [0.1, 0.15) is 0 Å². The molecule has 158 valence electrons. The molecule has 2 aromatic heterocycles. The van der Waals surface area contributed by atoms with Crippen LogP contribution in [0.3, 0.4) is 0 Å². The Morgan fingerprint density at radius 2 is 2.17 bits per heavy atom. The van der Waals surface area contributed by atoms with Crippen LogP contribution in [0, 0.1) is 5.92 Å². The zero-order valence-corrected chi connectivity index (χ0v) is 18.0. The van der Waals surface area contributed by atoms with E-state index in [1.54, 1.807) is 0 Å². The van der Waals surface area contributed by atoms with Gasteiger partial charge in [-0.05, 0) is 48.6 Å². The van der Waals surface area contributed by atoms with E-state index in [0.717, 1.165) is 37.5 Å². The Labute approximate surface area is 180 Å². The van der Waals surface area contributed by atoms with Crippen LogP contribution in [-0.2, 0) is 19.9 Å². The van der Waals surface area contributed by atoms with E-state index in [1.165, 1.54) is 5.56 Å². The Kier molecular flexibility index (Phi) is 6.32. The number of halogens is 1. The van der Waals surface area contributed by atoms with Crippen LogP contribution in [0.4, 0.5) is 0 Å². The van der Waals surface area contributed by atoms with E-state index in [2.05, 4.69) is 36.6 Å². The van der Waals surface area contributed by atoms with E-state index < -0.39 is 0 Å². The molecule has 0 radical (unpaired) electrons. The van der Waals surface area contributed by atoms with Gasteiger partial charge in [-0.3, -0.25) is 9.67 Å². The summed E-state index contributed by atoms with van der Waals surface area (Å²) >= 11 is 5.93. The summed E-state index contributed by atoms with van der Waals surface area (Å²) in [4.78, 5) is 11.2. The van der Waals surface area contributed by atoms with Crippen LogP contribution in [0.1, 0.15) is 17.9 Å². The topological polar surface area (TPSA) is 84.4 Å². The maximum Gasteiger partial charge on any atom is 0.228 e. The van der Waals surface area contributed by atoms with Crippen molar-refractivity contribution in [3.05, 3.63) is 53.1 Å². The maximum atomic E-state index is 5.93. The normalized spacial score (nSPS) is 17.0. The molecule has 0 spiro atoms. The molecule has 0 aliphatic carbocycles. The lowest BCUT2D eigenvalue weighted by molar-refractivity contribution is 0.377. The monoisotopic (exact) mass is 427 g/mol. The molecule has 1 aromatic carbocycles. The van der Waals surface area contributed by atoms with Gasteiger partial charge in [0.2, 0.25) is 11.7 Å². The summed E-state index contributed by atoms with van der Waals surface area (Å²) in [5, 5.41) is 12.4. The summed E-state index contributed by atoms with van der Waals surface area (Å²) < 4.78 is 7.24. The molecular formula is C21H26ClN7O. The second kappa shape index (κ2) is 9.30. The molecule has 4 rings (SSSR count). The van der Waals surface area contributed by atoms with Gasteiger partial charge in [-0.2, -0.15) is 10.1 Å².